The number of nitrogens with zero attached hydrogens (tertiary/aromatic N) is 1. The molecule has 1 amide bonds. The topological polar surface area (TPSA) is 52.6 Å². The van der Waals surface area contributed by atoms with Crippen LogP contribution in [0.4, 0.5) is 10.1 Å². The molecule has 98 valence electrons. The minimum absolute atomic E-state index is 0.185. The molecule has 0 saturated carbocycles. The van der Waals surface area contributed by atoms with Crippen LogP contribution in [-0.2, 0) is 4.79 Å². The molecule has 2 rings (SSSR count). The molecule has 0 spiro atoms. The summed E-state index contributed by atoms with van der Waals surface area (Å²) in [6.45, 7) is 1.57. The number of nitrogens with one attached hydrogen (secondary N) is 1. The third-order valence-electron chi connectivity index (χ3n) is 2.96. The first-order valence-electron chi connectivity index (χ1n) is 6.09. The molecule has 1 aliphatic heterocycles. The Kier molecular flexibility index (Phi) is 4.28. The van der Waals surface area contributed by atoms with E-state index in [0.29, 0.717) is 12.2 Å². The van der Waals surface area contributed by atoms with Gasteiger partial charge in [-0.25, -0.2) is 4.39 Å². The summed E-state index contributed by atoms with van der Waals surface area (Å²) in [4.78, 5) is 13.6. The van der Waals surface area contributed by atoms with Crippen molar-refractivity contribution >= 4 is 11.6 Å². The number of aliphatic hydroxyl groups excluding tert-OH is 1. The lowest BCUT2D eigenvalue weighted by Gasteiger charge is -2.29. The number of likely N-dealkylation sites (tertiary alicyclic amines) is 1. The zero-order valence-electron chi connectivity index (χ0n) is 10.1. The maximum atomic E-state index is 12.9. The fourth-order valence-corrected chi connectivity index (χ4v) is 2.14. The number of carbonyl (C=O) groups excluding carboxylic acids is 1. The Morgan fingerprint density at radius 2 is 2.39 bits per heavy atom. The van der Waals surface area contributed by atoms with E-state index >= 15 is 0 Å². The highest BCUT2D eigenvalue weighted by molar-refractivity contribution is 5.92. The molecule has 1 saturated heterocycles. The van der Waals surface area contributed by atoms with Crippen LogP contribution in [0.3, 0.4) is 0 Å². The number of aliphatic hydroxyl groups is 1. The molecular formula is C13H17FN2O2. The van der Waals surface area contributed by atoms with Gasteiger partial charge >= 0.3 is 0 Å². The number of halogens is 1. The van der Waals surface area contributed by atoms with Gasteiger partial charge in [0.05, 0.1) is 12.6 Å². The highest BCUT2D eigenvalue weighted by Gasteiger charge is 2.19. The number of anilines is 1. The minimum atomic E-state index is -0.374. The summed E-state index contributed by atoms with van der Waals surface area (Å²) in [5.41, 5.74) is 0.456. The lowest BCUT2D eigenvalue weighted by Crippen LogP contribution is -2.42. The maximum Gasteiger partial charge on any atom is 0.238 e. The number of rotatable bonds is 3. The van der Waals surface area contributed by atoms with Crippen LogP contribution in [0.15, 0.2) is 24.3 Å². The van der Waals surface area contributed by atoms with Gasteiger partial charge in [0.1, 0.15) is 5.82 Å². The number of benzene rings is 1. The van der Waals surface area contributed by atoms with E-state index in [1.54, 1.807) is 12.1 Å². The normalized spacial score (nSPS) is 20.7. The fraction of sp³-hybridized carbons (Fsp3) is 0.462. The van der Waals surface area contributed by atoms with Crippen LogP contribution in [0, 0.1) is 5.82 Å². The van der Waals surface area contributed by atoms with E-state index in [9.17, 15) is 14.3 Å². The summed E-state index contributed by atoms with van der Waals surface area (Å²) in [5, 5.41) is 12.1. The van der Waals surface area contributed by atoms with Crippen molar-refractivity contribution in [3.8, 4) is 0 Å². The van der Waals surface area contributed by atoms with Gasteiger partial charge in [-0.15, -0.1) is 0 Å². The summed E-state index contributed by atoms with van der Waals surface area (Å²) in [6, 6.07) is 5.81. The van der Waals surface area contributed by atoms with Crippen LogP contribution >= 0.6 is 0 Å². The second-order valence-electron chi connectivity index (χ2n) is 4.59. The molecule has 1 fully saturated rings. The van der Waals surface area contributed by atoms with Gasteiger partial charge in [0.2, 0.25) is 5.91 Å². The molecule has 1 aliphatic rings. The largest absolute Gasteiger partial charge is 0.392 e. The second-order valence-corrected chi connectivity index (χ2v) is 4.59. The minimum Gasteiger partial charge on any atom is -0.392 e. The van der Waals surface area contributed by atoms with E-state index in [4.69, 9.17) is 0 Å². The number of piperidine rings is 1. The molecule has 0 radical (unpaired) electrons. The van der Waals surface area contributed by atoms with Crippen molar-refractivity contribution in [2.75, 3.05) is 25.0 Å². The van der Waals surface area contributed by atoms with Gasteiger partial charge in [-0.2, -0.15) is 0 Å². The smallest absolute Gasteiger partial charge is 0.238 e. The Morgan fingerprint density at radius 3 is 3.11 bits per heavy atom. The molecule has 5 heteroatoms. The zero-order valence-corrected chi connectivity index (χ0v) is 10.1. The van der Waals surface area contributed by atoms with Gasteiger partial charge in [0.25, 0.3) is 0 Å². The van der Waals surface area contributed by atoms with E-state index in [0.717, 1.165) is 19.4 Å². The summed E-state index contributed by atoms with van der Waals surface area (Å²) >= 11 is 0. The Morgan fingerprint density at radius 1 is 1.56 bits per heavy atom. The molecule has 1 aromatic rings. The number of hydrogen-bond acceptors (Lipinski definition) is 3. The highest BCUT2D eigenvalue weighted by Crippen LogP contribution is 2.11. The summed E-state index contributed by atoms with van der Waals surface area (Å²) in [7, 11) is 0. The lowest BCUT2D eigenvalue weighted by atomic mass is 10.1. The van der Waals surface area contributed by atoms with E-state index in [1.807, 2.05) is 4.90 Å². The Hall–Kier alpha value is -1.46. The molecule has 0 aromatic heterocycles. The summed E-state index contributed by atoms with van der Waals surface area (Å²) < 4.78 is 12.9. The van der Waals surface area contributed by atoms with Crippen molar-refractivity contribution in [1.29, 1.82) is 0 Å². The van der Waals surface area contributed by atoms with Crippen molar-refractivity contribution in [1.82, 2.24) is 4.90 Å². The SMILES string of the molecule is O=C(CN1CCCC(O)C1)Nc1cccc(F)c1. The van der Waals surface area contributed by atoms with Crippen molar-refractivity contribution in [3.05, 3.63) is 30.1 Å². The van der Waals surface area contributed by atoms with Gasteiger partial charge in [-0.1, -0.05) is 6.07 Å². The Labute approximate surface area is 105 Å². The summed E-state index contributed by atoms with van der Waals surface area (Å²) in [6.07, 6.45) is 1.34. The average Bonchev–Trinajstić information content (AvgIpc) is 2.28. The van der Waals surface area contributed by atoms with Gasteiger partial charge < -0.3 is 10.4 Å². The fourth-order valence-electron chi connectivity index (χ4n) is 2.14. The monoisotopic (exact) mass is 252 g/mol. The Bertz CT molecular complexity index is 425. The molecule has 1 unspecified atom stereocenters. The van der Waals surface area contributed by atoms with Gasteiger partial charge in [0, 0.05) is 12.2 Å². The highest BCUT2D eigenvalue weighted by atomic mass is 19.1. The van der Waals surface area contributed by atoms with Crippen LogP contribution in [-0.4, -0.2) is 41.7 Å². The van der Waals surface area contributed by atoms with Crippen molar-refractivity contribution in [2.45, 2.75) is 18.9 Å². The third kappa shape index (κ3) is 3.78. The molecule has 1 heterocycles. The summed E-state index contributed by atoms with van der Waals surface area (Å²) in [5.74, 6) is -0.559. The second kappa shape index (κ2) is 5.93. The van der Waals surface area contributed by atoms with Crippen molar-refractivity contribution < 1.29 is 14.3 Å². The third-order valence-corrected chi connectivity index (χ3v) is 2.96. The first-order valence-corrected chi connectivity index (χ1v) is 6.09. The molecule has 1 aromatic carbocycles. The van der Waals surface area contributed by atoms with E-state index < -0.39 is 0 Å². The average molecular weight is 252 g/mol. The predicted octanol–water partition coefficient (Wildman–Crippen LogP) is 1.22. The van der Waals surface area contributed by atoms with Crippen molar-refractivity contribution in [3.63, 3.8) is 0 Å². The number of hydrogen-bond donors (Lipinski definition) is 2. The quantitative estimate of drug-likeness (QED) is 0.850. The zero-order chi connectivity index (χ0) is 13.0. The molecule has 2 N–H and O–H groups in total. The molecule has 0 aliphatic carbocycles. The molecule has 18 heavy (non-hydrogen) atoms. The van der Waals surface area contributed by atoms with Crippen LogP contribution in [0.25, 0.3) is 0 Å². The first kappa shape index (κ1) is 13.0. The van der Waals surface area contributed by atoms with E-state index in [1.165, 1.54) is 12.1 Å². The van der Waals surface area contributed by atoms with Crippen LogP contribution in [0.2, 0.25) is 0 Å². The molecule has 1 atom stereocenters. The number of amides is 1. The number of β-amino-alcohol motifs (C(OH)–C–C–N with tert-alkyl or cyclic N) is 1. The standard InChI is InChI=1S/C13H17FN2O2/c14-10-3-1-4-11(7-10)15-13(18)9-16-6-2-5-12(17)8-16/h1,3-4,7,12,17H,2,5-6,8-9H2,(H,15,18). The predicted molar refractivity (Wildman–Crippen MR) is 66.7 cm³/mol. The van der Waals surface area contributed by atoms with Crippen LogP contribution in [0.5, 0.6) is 0 Å². The first-order chi connectivity index (χ1) is 8.63. The van der Waals surface area contributed by atoms with E-state index in [2.05, 4.69) is 5.32 Å². The van der Waals surface area contributed by atoms with Gasteiger partial charge in [-0.05, 0) is 37.6 Å². The van der Waals surface area contributed by atoms with Crippen molar-refractivity contribution in [2.24, 2.45) is 0 Å². The van der Waals surface area contributed by atoms with Gasteiger partial charge in [0.15, 0.2) is 0 Å². The molecule has 0 bridgehead atoms. The van der Waals surface area contributed by atoms with Gasteiger partial charge in [-0.3, -0.25) is 9.69 Å². The lowest BCUT2D eigenvalue weighted by molar-refractivity contribution is -0.118. The van der Waals surface area contributed by atoms with Crippen LogP contribution < -0.4 is 5.32 Å². The maximum absolute atomic E-state index is 12.9. The van der Waals surface area contributed by atoms with E-state index in [-0.39, 0.29) is 24.4 Å². The van der Waals surface area contributed by atoms with Crippen LogP contribution in [0.1, 0.15) is 12.8 Å². The number of carbonyl (C=O) groups is 1. The Balaban J connectivity index is 1.85. The molecule has 4 nitrogen and oxygen atoms in total. The molecular weight excluding hydrogens is 235 g/mol.